The van der Waals surface area contributed by atoms with Crippen molar-refractivity contribution < 1.29 is 9.18 Å². The molecule has 0 radical (unpaired) electrons. The Balaban J connectivity index is 2.03. The minimum absolute atomic E-state index is 0.129. The fraction of sp³-hybridized carbons (Fsp3) is 0.133. The van der Waals surface area contributed by atoms with Crippen LogP contribution in [0.2, 0.25) is 5.02 Å². The molecule has 1 aliphatic heterocycles. The quantitative estimate of drug-likeness (QED) is 0.733. The molecule has 3 aromatic rings. The van der Waals surface area contributed by atoms with E-state index in [0.29, 0.717) is 21.8 Å². The maximum absolute atomic E-state index is 14.3. The van der Waals surface area contributed by atoms with Gasteiger partial charge in [-0.1, -0.05) is 17.7 Å². The van der Waals surface area contributed by atoms with Crippen LogP contribution in [0.4, 0.5) is 10.1 Å². The Morgan fingerprint density at radius 3 is 2.91 bits per heavy atom. The van der Waals surface area contributed by atoms with Crippen LogP contribution in [0.3, 0.4) is 0 Å². The number of hydrogen-bond donors (Lipinski definition) is 1. The molecule has 7 heteroatoms. The number of carbonyl (C=O) groups excluding carboxylic acids is 1. The van der Waals surface area contributed by atoms with E-state index in [0.717, 1.165) is 22.8 Å². The smallest absolute Gasteiger partial charge is 0.225 e. The van der Waals surface area contributed by atoms with Crippen molar-refractivity contribution in [1.29, 1.82) is 0 Å². The van der Waals surface area contributed by atoms with Crippen molar-refractivity contribution in [2.75, 3.05) is 5.32 Å². The van der Waals surface area contributed by atoms with Crippen LogP contribution in [0.1, 0.15) is 23.5 Å². The summed E-state index contributed by atoms with van der Waals surface area (Å²) in [5, 5.41) is 3.12. The average Bonchev–Trinajstić information content (AvgIpc) is 2.94. The molecule has 1 atom stereocenters. The van der Waals surface area contributed by atoms with E-state index in [1.807, 2.05) is 0 Å². The fourth-order valence-electron chi connectivity index (χ4n) is 2.91. The normalized spacial score (nSPS) is 17.4. The van der Waals surface area contributed by atoms with Gasteiger partial charge in [-0.25, -0.2) is 4.39 Å². The van der Waals surface area contributed by atoms with Crippen molar-refractivity contribution in [2.45, 2.75) is 12.3 Å². The van der Waals surface area contributed by atoms with E-state index in [1.165, 1.54) is 6.07 Å². The number of anilines is 1. The molecule has 1 aliphatic rings. The molecular formula is C15H9ClFN3OS. The Hall–Kier alpha value is -2.05. The predicted octanol–water partition coefficient (Wildman–Crippen LogP) is 3.96. The van der Waals surface area contributed by atoms with Gasteiger partial charge in [0, 0.05) is 34.2 Å². The first-order valence-corrected chi connectivity index (χ1v) is 7.75. The zero-order valence-corrected chi connectivity index (χ0v) is 12.7. The molecule has 0 bridgehead atoms. The number of halogens is 2. The average molecular weight is 334 g/mol. The van der Waals surface area contributed by atoms with Gasteiger partial charge in [0.2, 0.25) is 5.91 Å². The minimum atomic E-state index is -0.468. The maximum atomic E-state index is 14.3. The first-order chi connectivity index (χ1) is 10.6. The van der Waals surface area contributed by atoms with Crippen molar-refractivity contribution in [2.24, 2.45) is 0 Å². The summed E-state index contributed by atoms with van der Waals surface area (Å²) in [6.45, 7) is 0. The molecule has 1 amide bonds. The molecule has 0 aliphatic carbocycles. The number of benzene rings is 2. The Bertz CT molecular complexity index is 891. The van der Waals surface area contributed by atoms with Crippen molar-refractivity contribution >= 4 is 46.0 Å². The molecule has 0 saturated heterocycles. The number of amides is 1. The van der Waals surface area contributed by atoms with Crippen LogP contribution in [-0.2, 0) is 4.79 Å². The number of nitrogens with one attached hydrogen (secondary N) is 1. The van der Waals surface area contributed by atoms with Gasteiger partial charge in [0.25, 0.3) is 0 Å². The highest BCUT2D eigenvalue weighted by Gasteiger charge is 2.32. The van der Waals surface area contributed by atoms with Crippen LogP contribution in [0.15, 0.2) is 30.3 Å². The van der Waals surface area contributed by atoms with Gasteiger partial charge in [-0.3, -0.25) is 4.79 Å². The second-order valence-electron chi connectivity index (χ2n) is 5.10. The standard InChI is InChI=1S/C15H9ClFN3OS/c16-8-2-1-3-9(17)13(8)7-6-12(21)18-10-4-5-11-15(14(7)10)20-22-19-11/h1-5,7H,6H2,(H,18,21). The van der Waals surface area contributed by atoms with Crippen molar-refractivity contribution in [3.8, 4) is 0 Å². The molecule has 1 unspecified atom stereocenters. The summed E-state index contributed by atoms with van der Waals surface area (Å²) in [7, 11) is 0. The first kappa shape index (κ1) is 13.6. The highest BCUT2D eigenvalue weighted by molar-refractivity contribution is 7.00. The first-order valence-electron chi connectivity index (χ1n) is 6.64. The van der Waals surface area contributed by atoms with Gasteiger partial charge in [0.05, 0.1) is 11.7 Å². The summed E-state index contributed by atoms with van der Waals surface area (Å²) in [6, 6.07) is 8.11. The summed E-state index contributed by atoms with van der Waals surface area (Å²) in [4.78, 5) is 12.0. The molecule has 110 valence electrons. The Morgan fingerprint density at radius 1 is 1.23 bits per heavy atom. The van der Waals surface area contributed by atoms with Crippen molar-refractivity contribution in [3.63, 3.8) is 0 Å². The highest BCUT2D eigenvalue weighted by atomic mass is 35.5. The molecule has 1 N–H and O–H groups in total. The van der Waals surface area contributed by atoms with E-state index >= 15 is 0 Å². The Kier molecular flexibility index (Phi) is 3.09. The highest BCUT2D eigenvalue weighted by Crippen LogP contribution is 2.43. The molecule has 4 rings (SSSR count). The van der Waals surface area contributed by atoms with Crippen LogP contribution in [0.5, 0.6) is 0 Å². The van der Waals surface area contributed by atoms with Crippen LogP contribution >= 0.6 is 23.3 Å². The van der Waals surface area contributed by atoms with Gasteiger partial charge >= 0.3 is 0 Å². The summed E-state index contributed by atoms with van der Waals surface area (Å²) in [6.07, 6.45) is 0.129. The van der Waals surface area contributed by atoms with E-state index in [9.17, 15) is 9.18 Å². The van der Waals surface area contributed by atoms with Gasteiger partial charge in [0.1, 0.15) is 16.9 Å². The lowest BCUT2D eigenvalue weighted by molar-refractivity contribution is -0.116. The SMILES string of the molecule is O=C1CC(c2c(F)cccc2Cl)c2c(ccc3nsnc23)N1. The fourth-order valence-corrected chi connectivity index (χ4v) is 3.76. The number of rotatable bonds is 1. The third kappa shape index (κ3) is 1.99. The number of aromatic nitrogens is 2. The predicted molar refractivity (Wildman–Crippen MR) is 83.9 cm³/mol. The van der Waals surface area contributed by atoms with Crippen LogP contribution in [0, 0.1) is 5.82 Å². The molecule has 0 saturated carbocycles. The van der Waals surface area contributed by atoms with Gasteiger partial charge in [-0.05, 0) is 24.3 Å². The third-order valence-electron chi connectivity index (χ3n) is 3.83. The van der Waals surface area contributed by atoms with Gasteiger partial charge in [-0.2, -0.15) is 8.75 Å². The topological polar surface area (TPSA) is 54.9 Å². The Morgan fingerprint density at radius 2 is 2.09 bits per heavy atom. The molecule has 0 spiro atoms. The summed E-state index contributed by atoms with van der Waals surface area (Å²) < 4.78 is 22.8. The van der Waals surface area contributed by atoms with Crippen molar-refractivity contribution in [1.82, 2.24) is 8.75 Å². The van der Waals surface area contributed by atoms with E-state index in [4.69, 9.17) is 11.6 Å². The Labute approximate surface area is 134 Å². The minimum Gasteiger partial charge on any atom is -0.326 e. The molecule has 2 heterocycles. The molecule has 4 nitrogen and oxygen atoms in total. The molecule has 22 heavy (non-hydrogen) atoms. The van der Waals surface area contributed by atoms with Gasteiger partial charge in [-0.15, -0.1) is 0 Å². The van der Waals surface area contributed by atoms with E-state index in [-0.39, 0.29) is 12.3 Å². The maximum Gasteiger partial charge on any atom is 0.225 e. The number of fused-ring (bicyclic) bond motifs is 3. The molecule has 1 aromatic heterocycles. The summed E-state index contributed by atoms with van der Waals surface area (Å²) >= 11 is 7.29. The lowest BCUT2D eigenvalue weighted by atomic mass is 9.83. The number of nitrogens with zero attached hydrogens (tertiary/aromatic N) is 2. The zero-order valence-electron chi connectivity index (χ0n) is 11.1. The largest absolute Gasteiger partial charge is 0.326 e. The number of carbonyl (C=O) groups is 1. The lowest BCUT2D eigenvalue weighted by Gasteiger charge is -2.27. The lowest BCUT2D eigenvalue weighted by Crippen LogP contribution is -2.24. The van der Waals surface area contributed by atoms with Crippen LogP contribution < -0.4 is 5.32 Å². The second-order valence-corrected chi connectivity index (χ2v) is 6.03. The monoisotopic (exact) mass is 333 g/mol. The molecular weight excluding hydrogens is 325 g/mol. The van der Waals surface area contributed by atoms with Gasteiger partial charge in [0.15, 0.2) is 0 Å². The molecule has 2 aromatic carbocycles. The zero-order chi connectivity index (χ0) is 15.3. The molecule has 0 fully saturated rings. The third-order valence-corrected chi connectivity index (χ3v) is 4.70. The van der Waals surface area contributed by atoms with Gasteiger partial charge < -0.3 is 5.32 Å². The van der Waals surface area contributed by atoms with Crippen molar-refractivity contribution in [3.05, 3.63) is 52.3 Å². The summed E-state index contributed by atoms with van der Waals surface area (Å²) in [5.41, 5.74) is 3.17. The summed E-state index contributed by atoms with van der Waals surface area (Å²) in [5.74, 6) is -1.05. The van der Waals surface area contributed by atoms with Crippen LogP contribution in [-0.4, -0.2) is 14.7 Å². The van der Waals surface area contributed by atoms with E-state index in [1.54, 1.807) is 24.3 Å². The van der Waals surface area contributed by atoms with E-state index in [2.05, 4.69) is 14.1 Å². The van der Waals surface area contributed by atoms with Crippen LogP contribution in [0.25, 0.3) is 11.0 Å². The second kappa shape index (κ2) is 5.00. The van der Waals surface area contributed by atoms with E-state index < -0.39 is 11.7 Å². The number of hydrogen-bond acceptors (Lipinski definition) is 4.